The number of hydrogen-bond acceptors (Lipinski definition) is 5. The van der Waals surface area contributed by atoms with Crippen molar-refractivity contribution in [3.8, 4) is 11.5 Å². The van der Waals surface area contributed by atoms with Gasteiger partial charge in [-0.25, -0.2) is 4.98 Å². The van der Waals surface area contributed by atoms with Crippen molar-refractivity contribution in [2.45, 2.75) is 18.9 Å². The minimum atomic E-state index is 0.449. The zero-order valence-corrected chi connectivity index (χ0v) is 8.68. The average molecular weight is 216 g/mol. The normalized spacial score (nSPS) is 15.0. The average Bonchev–Trinajstić information content (AvgIpc) is 2.90. The van der Waals surface area contributed by atoms with E-state index in [4.69, 9.17) is 10.2 Å². The molecule has 2 aromatic heterocycles. The van der Waals surface area contributed by atoms with E-state index in [1.807, 2.05) is 12.1 Å². The fraction of sp³-hybridized carbons (Fsp3) is 0.273. The van der Waals surface area contributed by atoms with Gasteiger partial charge in [0.15, 0.2) is 5.76 Å². The lowest BCUT2D eigenvalue weighted by Crippen LogP contribution is -2.07. The number of nitrogens with one attached hydrogen (secondary N) is 1. The van der Waals surface area contributed by atoms with Crippen LogP contribution in [-0.2, 0) is 0 Å². The summed E-state index contributed by atoms with van der Waals surface area (Å²) in [6.45, 7) is 0. The molecule has 5 nitrogen and oxygen atoms in total. The van der Waals surface area contributed by atoms with Crippen molar-refractivity contribution in [3.63, 3.8) is 0 Å². The SMILES string of the molecule is Nc1cc(-c2ccco2)nc(NC2CC2)n1. The first-order chi connectivity index (χ1) is 7.81. The van der Waals surface area contributed by atoms with E-state index in [-0.39, 0.29) is 0 Å². The molecule has 2 aromatic rings. The summed E-state index contributed by atoms with van der Waals surface area (Å²) in [7, 11) is 0. The number of anilines is 2. The van der Waals surface area contributed by atoms with Gasteiger partial charge in [0.1, 0.15) is 11.5 Å². The highest BCUT2D eigenvalue weighted by Gasteiger charge is 2.22. The van der Waals surface area contributed by atoms with Crippen molar-refractivity contribution in [2.75, 3.05) is 11.1 Å². The van der Waals surface area contributed by atoms with Gasteiger partial charge >= 0.3 is 0 Å². The maximum atomic E-state index is 5.73. The van der Waals surface area contributed by atoms with E-state index in [1.165, 1.54) is 12.8 Å². The van der Waals surface area contributed by atoms with Crippen LogP contribution in [0.4, 0.5) is 11.8 Å². The summed E-state index contributed by atoms with van der Waals surface area (Å²) in [5, 5.41) is 3.22. The Balaban J connectivity index is 1.95. The van der Waals surface area contributed by atoms with Gasteiger partial charge in [-0.3, -0.25) is 0 Å². The first kappa shape index (κ1) is 9.21. The number of nitrogen functional groups attached to an aromatic ring is 1. The summed E-state index contributed by atoms with van der Waals surface area (Å²) in [6, 6.07) is 5.88. The first-order valence-corrected chi connectivity index (χ1v) is 5.26. The topological polar surface area (TPSA) is 77.0 Å². The minimum Gasteiger partial charge on any atom is -0.463 e. The molecule has 1 saturated carbocycles. The van der Waals surface area contributed by atoms with E-state index in [2.05, 4.69) is 15.3 Å². The van der Waals surface area contributed by atoms with Gasteiger partial charge in [-0.2, -0.15) is 4.98 Å². The fourth-order valence-electron chi connectivity index (χ4n) is 1.49. The Morgan fingerprint density at radius 3 is 2.94 bits per heavy atom. The largest absolute Gasteiger partial charge is 0.463 e. The van der Waals surface area contributed by atoms with Crippen molar-refractivity contribution in [1.29, 1.82) is 0 Å². The smallest absolute Gasteiger partial charge is 0.225 e. The number of furan rings is 1. The molecule has 3 N–H and O–H groups in total. The molecule has 82 valence electrons. The number of rotatable bonds is 3. The van der Waals surface area contributed by atoms with E-state index in [9.17, 15) is 0 Å². The van der Waals surface area contributed by atoms with Crippen LogP contribution >= 0.6 is 0 Å². The fourth-order valence-corrected chi connectivity index (χ4v) is 1.49. The third-order valence-corrected chi connectivity index (χ3v) is 2.43. The van der Waals surface area contributed by atoms with E-state index in [0.717, 1.165) is 0 Å². The second kappa shape index (κ2) is 3.52. The molecule has 1 aliphatic rings. The summed E-state index contributed by atoms with van der Waals surface area (Å²) >= 11 is 0. The lowest BCUT2D eigenvalue weighted by molar-refractivity contribution is 0.580. The van der Waals surface area contributed by atoms with Gasteiger partial charge in [0.2, 0.25) is 5.95 Å². The zero-order chi connectivity index (χ0) is 11.0. The summed E-state index contributed by atoms with van der Waals surface area (Å²) in [5.74, 6) is 1.73. The molecule has 0 unspecified atom stereocenters. The second-order valence-electron chi connectivity index (χ2n) is 3.90. The molecule has 0 spiro atoms. The molecular formula is C11H12N4O. The van der Waals surface area contributed by atoms with Crippen LogP contribution in [0.5, 0.6) is 0 Å². The summed E-state index contributed by atoms with van der Waals surface area (Å²) in [6.07, 6.45) is 3.96. The molecule has 0 bridgehead atoms. The van der Waals surface area contributed by atoms with E-state index < -0.39 is 0 Å². The van der Waals surface area contributed by atoms with Crippen LogP contribution < -0.4 is 11.1 Å². The molecule has 0 aromatic carbocycles. The van der Waals surface area contributed by atoms with Crippen molar-refractivity contribution in [1.82, 2.24) is 9.97 Å². The van der Waals surface area contributed by atoms with Crippen LogP contribution in [0.25, 0.3) is 11.5 Å². The van der Waals surface area contributed by atoms with Gasteiger partial charge in [0, 0.05) is 12.1 Å². The zero-order valence-electron chi connectivity index (χ0n) is 8.68. The minimum absolute atomic E-state index is 0.449. The molecule has 5 heteroatoms. The van der Waals surface area contributed by atoms with Crippen molar-refractivity contribution in [2.24, 2.45) is 0 Å². The van der Waals surface area contributed by atoms with Crippen molar-refractivity contribution >= 4 is 11.8 Å². The van der Waals surface area contributed by atoms with Gasteiger partial charge in [-0.05, 0) is 25.0 Å². The molecule has 0 atom stereocenters. The Labute approximate surface area is 92.7 Å². The number of nitrogens with two attached hydrogens (primary N) is 1. The van der Waals surface area contributed by atoms with Crippen LogP contribution in [0.2, 0.25) is 0 Å². The van der Waals surface area contributed by atoms with Gasteiger partial charge < -0.3 is 15.5 Å². The van der Waals surface area contributed by atoms with Crippen LogP contribution in [-0.4, -0.2) is 16.0 Å². The van der Waals surface area contributed by atoms with Gasteiger partial charge in [0.05, 0.1) is 6.26 Å². The predicted octanol–water partition coefficient (Wildman–Crippen LogP) is 1.89. The van der Waals surface area contributed by atoms with Crippen LogP contribution in [0.3, 0.4) is 0 Å². The molecule has 2 heterocycles. The van der Waals surface area contributed by atoms with Gasteiger partial charge in [-0.15, -0.1) is 0 Å². The third-order valence-electron chi connectivity index (χ3n) is 2.43. The third kappa shape index (κ3) is 1.84. The molecule has 16 heavy (non-hydrogen) atoms. The maximum absolute atomic E-state index is 5.73. The molecule has 0 radical (unpaired) electrons. The number of nitrogens with zero attached hydrogens (tertiary/aromatic N) is 2. The Bertz CT molecular complexity index is 491. The molecule has 1 fully saturated rings. The molecule has 1 aliphatic carbocycles. The van der Waals surface area contributed by atoms with Gasteiger partial charge in [0.25, 0.3) is 0 Å². The van der Waals surface area contributed by atoms with Crippen LogP contribution in [0, 0.1) is 0 Å². The second-order valence-corrected chi connectivity index (χ2v) is 3.90. The molecular weight excluding hydrogens is 204 g/mol. The van der Waals surface area contributed by atoms with E-state index >= 15 is 0 Å². The lowest BCUT2D eigenvalue weighted by atomic mass is 10.3. The molecule has 0 aliphatic heterocycles. The first-order valence-electron chi connectivity index (χ1n) is 5.26. The molecule has 3 rings (SSSR count). The highest BCUT2D eigenvalue weighted by Crippen LogP contribution is 2.25. The quantitative estimate of drug-likeness (QED) is 0.819. The Hall–Kier alpha value is -2.04. The highest BCUT2D eigenvalue weighted by molar-refractivity contribution is 5.58. The van der Waals surface area contributed by atoms with Crippen molar-refractivity contribution in [3.05, 3.63) is 24.5 Å². The predicted molar refractivity (Wildman–Crippen MR) is 60.8 cm³/mol. The lowest BCUT2D eigenvalue weighted by Gasteiger charge is -2.05. The summed E-state index contributed by atoms with van der Waals surface area (Å²) in [5.41, 5.74) is 6.44. The van der Waals surface area contributed by atoms with Gasteiger partial charge in [-0.1, -0.05) is 0 Å². The molecule has 0 saturated heterocycles. The van der Waals surface area contributed by atoms with Crippen LogP contribution in [0.15, 0.2) is 28.9 Å². The Morgan fingerprint density at radius 2 is 2.25 bits per heavy atom. The standard InChI is InChI=1S/C11H12N4O/c12-10-6-8(9-2-1-5-16-9)14-11(15-10)13-7-3-4-7/h1-2,5-7H,3-4H2,(H3,12,13,14,15). The van der Waals surface area contributed by atoms with E-state index in [1.54, 1.807) is 12.3 Å². The van der Waals surface area contributed by atoms with E-state index in [0.29, 0.717) is 29.3 Å². The van der Waals surface area contributed by atoms with Crippen molar-refractivity contribution < 1.29 is 4.42 Å². The number of aromatic nitrogens is 2. The molecule has 0 amide bonds. The Morgan fingerprint density at radius 1 is 1.38 bits per heavy atom. The Kier molecular flexibility index (Phi) is 2.02. The summed E-state index contributed by atoms with van der Waals surface area (Å²) in [4.78, 5) is 8.50. The number of hydrogen-bond donors (Lipinski definition) is 2. The maximum Gasteiger partial charge on any atom is 0.225 e. The summed E-state index contributed by atoms with van der Waals surface area (Å²) < 4.78 is 5.28. The van der Waals surface area contributed by atoms with Crippen LogP contribution in [0.1, 0.15) is 12.8 Å². The highest BCUT2D eigenvalue weighted by atomic mass is 16.3. The monoisotopic (exact) mass is 216 g/mol.